The monoisotopic (exact) mass is 569 g/mol. The molecule has 0 aromatic rings. The first-order valence-electron chi connectivity index (χ1n) is 16.2. The number of ether oxygens (including phenoxy) is 1. The fraction of sp³-hybridized carbons (Fsp3) is 0.676. The van der Waals surface area contributed by atoms with Crippen LogP contribution in [0.15, 0.2) is 46.8 Å². The number of fused-ring (bicyclic) bond motifs is 1. The van der Waals surface area contributed by atoms with Crippen LogP contribution in [0.2, 0.25) is 0 Å². The van der Waals surface area contributed by atoms with Crippen LogP contribution in [0.4, 0.5) is 0 Å². The molecule has 0 aromatic carbocycles. The van der Waals surface area contributed by atoms with E-state index in [0.717, 1.165) is 82.4 Å². The van der Waals surface area contributed by atoms with E-state index in [9.17, 15) is 14.4 Å². The summed E-state index contributed by atoms with van der Waals surface area (Å²) in [5.74, 6) is -1.09. The summed E-state index contributed by atoms with van der Waals surface area (Å²) >= 11 is 0. The number of nitrogens with one attached hydrogen (secondary N) is 3. The van der Waals surface area contributed by atoms with Crippen molar-refractivity contribution in [3.8, 4) is 0 Å². The van der Waals surface area contributed by atoms with E-state index in [-0.39, 0.29) is 17.5 Å². The molecule has 2 atom stereocenters. The van der Waals surface area contributed by atoms with Gasteiger partial charge in [0.05, 0.1) is 24.9 Å². The molecule has 1 fully saturated rings. The molecule has 0 spiro atoms. The molecule has 0 aromatic heterocycles. The van der Waals surface area contributed by atoms with Crippen LogP contribution in [0.1, 0.15) is 105 Å². The van der Waals surface area contributed by atoms with Crippen molar-refractivity contribution in [2.24, 2.45) is 11.8 Å². The normalized spacial score (nSPS) is 20.6. The van der Waals surface area contributed by atoms with Crippen molar-refractivity contribution in [1.82, 2.24) is 16.0 Å². The summed E-state index contributed by atoms with van der Waals surface area (Å²) in [6.07, 6.45) is 19.4. The van der Waals surface area contributed by atoms with Crippen LogP contribution in [0.3, 0.4) is 0 Å². The number of Topliss-reactive ketones (excluding diaryl/α,β-unsaturated/α-hetero) is 2. The zero-order chi connectivity index (χ0) is 29.9. The van der Waals surface area contributed by atoms with Gasteiger partial charge in [0.15, 0.2) is 11.6 Å². The first-order valence-corrected chi connectivity index (χ1v) is 16.2. The van der Waals surface area contributed by atoms with E-state index in [4.69, 9.17) is 4.74 Å². The van der Waals surface area contributed by atoms with E-state index < -0.39 is 11.8 Å². The van der Waals surface area contributed by atoms with Gasteiger partial charge in [0.25, 0.3) is 0 Å². The number of rotatable bonds is 21. The van der Waals surface area contributed by atoms with Gasteiger partial charge in [-0.15, -0.1) is 0 Å². The van der Waals surface area contributed by atoms with Crippen LogP contribution in [0.25, 0.3) is 0 Å². The van der Waals surface area contributed by atoms with Crippen molar-refractivity contribution in [1.29, 1.82) is 0 Å². The average molecular weight is 570 g/mol. The van der Waals surface area contributed by atoms with Gasteiger partial charge >= 0.3 is 5.97 Å². The number of carbonyl (C=O) groups is 3. The largest absolute Gasteiger partial charge is 0.466 e. The molecule has 1 saturated carbocycles. The van der Waals surface area contributed by atoms with Gasteiger partial charge in [0.1, 0.15) is 0 Å². The highest BCUT2D eigenvalue weighted by molar-refractivity contribution is 6.21. The number of hydrogen-bond donors (Lipinski definition) is 3. The Bertz CT molecular complexity index is 963. The van der Waals surface area contributed by atoms with Gasteiger partial charge in [0, 0.05) is 42.2 Å². The third-order valence-corrected chi connectivity index (χ3v) is 7.76. The lowest BCUT2D eigenvalue weighted by molar-refractivity contribution is -0.143. The maximum atomic E-state index is 13.8. The Morgan fingerprint density at radius 2 is 1.34 bits per heavy atom. The summed E-state index contributed by atoms with van der Waals surface area (Å²) in [4.78, 5) is 39.3. The second-order valence-corrected chi connectivity index (χ2v) is 11.1. The zero-order valence-corrected chi connectivity index (χ0v) is 26.1. The Balaban J connectivity index is 1.87. The van der Waals surface area contributed by atoms with E-state index in [2.05, 4.69) is 29.8 Å². The standard InChI is InChI=1S/C34H55N3O4/c1-5-9-11-14-22-36-28-18-19-29(32-31(28)33(39)26(8-4)27(17-7-3)34(32)40)37-23-15-12-13-16-25-41-30(38)20-24-35-21-10-6-2/h8,17-19,31-32,35-37H,5-7,9-16,20-25H2,1-4H3/b26-8+,27-17+. The Morgan fingerprint density at radius 3 is 1.93 bits per heavy atom. The van der Waals surface area contributed by atoms with Crippen molar-refractivity contribution in [3.63, 3.8) is 0 Å². The summed E-state index contributed by atoms with van der Waals surface area (Å²) in [5.41, 5.74) is 2.80. The minimum atomic E-state index is -0.511. The summed E-state index contributed by atoms with van der Waals surface area (Å²) in [5, 5.41) is 10.2. The summed E-state index contributed by atoms with van der Waals surface area (Å²) in [6.45, 7) is 11.8. The fourth-order valence-corrected chi connectivity index (χ4v) is 5.46. The first kappa shape index (κ1) is 34.5. The molecule has 7 nitrogen and oxygen atoms in total. The highest BCUT2D eigenvalue weighted by Gasteiger charge is 2.47. The van der Waals surface area contributed by atoms with E-state index in [1.807, 2.05) is 32.1 Å². The van der Waals surface area contributed by atoms with Crippen LogP contribution in [0, 0.1) is 11.8 Å². The molecule has 0 amide bonds. The summed E-state index contributed by atoms with van der Waals surface area (Å²) in [6, 6.07) is 0. The molecule has 41 heavy (non-hydrogen) atoms. The molecule has 2 rings (SSSR count). The second-order valence-electron chi connectivity index (χ2n) is 11.1. The number of unbranched alkanes of at least 4 members (excludes halogenated alkanes) is 7. The molecule has 0 radical (unpaired) electrons. The SMILES string of the molecule is C/C=C1/C(=O)C2C(NCCCCCC)=CC=C(NCCCCCCOC(=O)CCNCCCC)C2C(=O)/C1=C/CC. The van der Waals surface area contributed by atoms with E-state index in [1.165, 1.54) is 12.8 Å². The number of allylic oxidation sites excluding steroid dienone is 8. The van der Waals surface area contributed by atoms with Crippen molar-refractivity contribution in [2.45, 2.75) is 105 Å². The quantitative estimate of drug-likeness (QED) is 0.0876. The fourth-order valence-electron chi connectivity index (χ4n) is 5.46. The van der Waals surface area contributed by atoms with Crippen LogP contribution >= 0.6 is 0 Å². The third kappa shape index (κ3) is 11.3. The molecule has 3 N–H and O–H groups in total. The molecule has 230 valence electrons. The minimum Gasteiger partial charge on any atom is -0.466 e. The molecule has 7 heteroatoms. The van der Waals surface area contributed by atoms with E-state index in [1.54, 1.807) is 6.08 Å². The number of carbonyl (C=O) groups excluding carboxylic acids is 3. The van der Waals surface area contributed by atoms with Gasteiger partial charge in [-0.1, -0.05) is 65.0 Å². The lowest BCUT2D eigenvalue weighted by atomic mass is 9.67. The van der Waals surface area contributed by atoms with Gasteiger partial charge in [-0.05, 0) is 64.1 Å². The smallest absolute Gasteiger partial charge is 0.307 e. The topological polar surface area (TPSA) is 96.5 Å². The molecule has 2 aliphatic rings. The van der Waals surface area contributed by atoms with Crippen molar-refractivity contribution in [2.75, 3.05) is 32.8 Å². The molecule has 2 aliphatic carbocycles. The zero-order valence-electron chi connectivity index (χ0n) is 26.1. The van der Waals surface area contributed by atoms with Gasteiger partial charge in [0.2, 0.25) is 0 Å². The summed E-state index contributed by atoms with van der Waals surface area (Å²) < 4.78 is 5.34. The Hall–Kier alpha value is -2.67. The Morgan fingerprint density at radius 1 is 0.756 bits per heavy atom. The minimum absolute atomic E-state index is 0.0304. The first-order chi connectivity index (χ1) is 20.0. The molecular formula is C34H55N3O4. The molecule has 0 heterocycles. The van der Waals surface area contributed by atoms with E-state index >= 15 is 0 Å². The van der Waals surface area contributed by atoms with Gasteiger partial charge in [-0.3, -0.25) is 14.4 Å². The number of ketones is 2. The lowest BCUT2D eigenvalue weighted by Gasteiger charge is -2.38. The van der Waals surface area contributed by atoms with Gasteiger partial charge in [-0.2, -0.15) is 0 Å². The molecular weight excluding hydrogens is 514 g/mol. The number of esters is 1. The second kappa shape index (κ2) is 20.2. The van der Waals surface area contributed by atoms with Crippen molar-refractivity contribution < 1.29 is 19.1 Å². The van der Waals surface area contributed by atoms with Crippen LogP contribution in [-0.4, -0.2) is 50.3 Å². The molecule has 0 aliphatic heterocycles. The van der Waals surface area contributed by atoms with Crippen LogP contribution in [0.5, 0.6) is 0 Å². The maximum absolute atomic E-state index is 13.8. The van der Waals surface area contributed by atoms with Crippen LogP contribution in [-0.2, 0) is 19.1 Å². The summed E-state index contributed by atoms with van der Waals surface area (Å²) in [7, 11) is 0. The molecule has 0 bridgehead atoms. The third-order valence-electron chi connectivity index (χ3n) is 7.76. The highest BCUT2D eigenvalue weighted by atomic mass is 16.5. The highest BCUT2D eigenvalue weighted by Crippen LogP contribution is 2.41. The van der Waals surface area contributed by atoms with Crippen molar-refractivity contribution >= 4 is 17.5 Å². The maximum Gasteiger partial charge on any atom is 0.307 e. The van der Waals surface area contributed by atoms with Crippen molar-refractivity contribution in [3.05, 3.63) is 46.8 Å². The predicted molar refractivity (Wildman–Crippen MR) is 167 cm³/mol. The van der Waals surface area contributed by atoms with Crippen LogP contribution < -0.4 is 16.0 Å². The van der Waals surface area contributed by atoms with E-state index in [0.29, 0.717) is 37.1 Å². The van der Waals surface area contributed by atoms with Gasteiger partial charge in [-0.25, -0.2) is 0 Å². The Kier molecular flexibility index (Phi) is 17.1. The molecule has 0 saturated heterocycles. The van der Waals surface area contributed by atoms with Gasteiger partial charge < -0.3 is 20.7 Å². The lowest BCUT2D eigenvalue weighted by Crippen LogP contribution is -2.47. The average Bonchev–Trinajstić information content (AvgIpc) is 2.97. The predicted octanol–water partition coefficient (Wildman–Crippen LogP) is 6.08. The Labute approximate surface area is 248 Å². The molecule has 2 unspecified atom stereocenters. The number of hydrogen-bond acceptors (Lipinski definition) is 7.